The summed E-state index contributed by atoms with van der Waals surface area (Å²) in [4.78, 5) is 25.9. The molecule has 27 heavy (non-hydrogen) atoms. The van der Waals surface area contributed by atoms with Gasteiger partial charge in [0.15, 0.2) is 0 Å². The van der Waals surface area contributed by atoms with E-state index in [9.17, 15) is 19.1 Å². The molecule has 1 aromatic heterocycles. The summed E-state index contributed by atoms with van der Waals surface area (Å²) in [6, 6.07) is 3.13. The van der Waals surface area contributed by atoms with Crippen LogP contribution in [0, 0.1) is 5.82 Å². The van der Waals surface area contributed by atoms with Crippen molar-refractivity contribution < 1.29 is 19.0 Å². The lowest BCUT2D eigenvalue weighted by atomic mass is 10.1. The van der Waals surface area contributed by atoms with Crippen molar-refractivity contribution in [3.8, 4) is 0 Å². The summed E-state index contributed by atoms with van der Waals surface area (Å²) < 4.78 is 21.9. The minimum atomic E-state index is -1.29. The van der Waals surface area contributed by atoms with Gasteiger partial charge in [0, 0.05) is 50.4 Å². The van der Waals surface area contributed by atoms with Crippen LogP contribution in [0.4, 0.5) is 10.1 Å². The molecule has 2 heterocycles. The second kappa shape index (κ2) is 6.94. The van der Waals surface area contributed by atoms with Crippen molar-refractivity contribution in [3.05, 3.63) is 39.9 Å². The molecule has 8 heteroatoms. The molecule has 4 rings (SSSR count). The number of nitrogens with zero attached hydrogens (tertiary/aromatic N) is 2. The van der Waals surface area contributed by atoms with Gasteiger partial charge in [0.25, 0.3) is 0 Å². The van der Waals surface area contributed by atoms with Crippen LogP contribution in [0.1, 0.15) is 29.2 Å². The zero-order valence-corrected chi connectivity index (χ0v) is 15.1. The van der Waals surface area contributed by atoms with Gasteiger partial charge in [-0.2, -0.15) is 0 Å². The number of pyridine rings is 1. The SMILES string of the molecule is COCC1CN(c2cc3c(cc2F)c(=O)c(C(=O)O)cn3C2CC2)CCN1. The Kier molecular flexibility index (Phi) is 4.61. The molecule has 1 aliphatic heterocycles. The molecule has 2 N–H and O–H groups in total. The Hall–Kier alpha value is -2.45. The van der Waals surface area contributed by atoms with Crippen LogP contribution in [0.3, 0.4) is 0 Å². The van der Waals surface area contributed by atoms with Crippen molar-refractivity contribution in [1.82, 2.24) is 9.88 Å². The lowest BCUT2D eigenvalue weighted by Crippen LogP contribution is -2.52. The van der Waals surface area contributed by atoms with Gasteiger partial charge < -0.3 is 24.6 Å². The van der Waals surface area contributed by atoms with Gasteiger partial charge in [-0.1, -0.05) is 0 Å². The van der Waals surface area contributed by atoms with Crippen molar-refractivity contribution >= 4 is 22.6 Å². The van der Waals surface area contributed by atoms with Gasteiger partial charge in [-0.15, -0.1) is 0 Å². The average Bonchev–Trinajstić information content (AvgIpc) is 3.47. The summed E-state index contributed by atoms with van der Waals surface area (Å²) in [6.07, 6.45) is 3.25. The van der Waals surface area contributed by atoms with Crippen LogP contribution in [0.15, 0.2) is 23.1 Å². The van der Waals surface area contributed by atoms with E-state index in [0.717, 1.165) is 12.8 Å². The first-order valence-corrected chi connectivity index (χ1v) is 9.08. The molecular weight excluding hydrogens is 353 g/mol. The lowest BCUT2D eigenvalue weighted by Gasteiger charge is -2.35. The number of piperazine rings is 1. The Morgan fingerprint density at radius 2 is 2.19 bits per heavy atom. The highest BCUT2D eigenvalue weighted by Gasteiger charge is 2.28. The van der Waals surface area contributed by atoms with Crippen LogP contribution >= 0.6 is 0 Å². The fourth-order valence-corrected chi connectivity index (χ4v) is 3.77. The monoisotopic (exact) mass is 375 g/mol. The van der Waals surface area contributed by atoms with E-state index in [-0.39, 0.29) is 23.0 Å². The number of halogens is 1. The van der Waals surface area contributed by atoms with Crippen molar-refractivity contribution in [2.45, 2.75) is 24.9 Å². The topological polar surface area (TPSA) is 83.8 Å². The predicted octanol–water partition coefficient (Wildman–Crippen LogP) is 1.60. The first kappa shape index (κ1) is 17.9. The summed E-state index contributed by atoms with van der Waals surface area (Å²) >= 11 is 0. The number of hydrogen-bond acceptors (Lipinski definition) is 5. The van der Waals surface area contributed by atoms with E-state index in [0.29, 0.717) is 37.4 Å². The largest absolute Gasteiger partial charge is 0.477 e. The van der Waals surface area contributed by atoms with Crippen LogP contribution in [0.5, 0.6) is 0 Å². The summed E-state index contributed by atoms with van der Waals surface area (Å²) in [5.74, 6) is -1.80. The van der Waals surface area contributed by atoms with Crippen molar-refractivity contribution in [3.63, 3.8) is 0 Å². The predicted molar refractivity (Wildman–Crippen MR) is 99.3 cm³/mol. The Labute approximate surface area is 155 Å². The third-order valence-corrected chi connectivity index (χ3v) is 5.24. The Morgan fingerprint density at radius 1 is 1.41 bits per heavy atom. The molecule has 1 saturated heterocycles. The van der Waals surface area contributed by atoms with Crippen LogP contribution in [-0.4, -0.2) is 55.0 Å². The molecule has 1 aromatic carbocycles. The molecular formula is C19H22FN3O4. The minimum absolute atomic E-state index is 0.0962. The summed E-state index contributed by atoms with van der Waals surface area (Å²) in [5.41, 5.74) is 0.0639. The summed E-state index contributed by atoms with van der Waals surface area (Å²) in [7, 11) is 1.63. The molecule has 0 spiro atoms. The van der Waals surface area contributed by atoms with E-state index in [2.05, 4.69) is 5.32 Å². The normalized spacial score (nSPS) is 20.2. The minimum Gasteiger partial charge on any atom is -0.477 e. The van der Waals surface area contributed by atoms with Gasteiger partial charge in [0.05, 0.1) is 17.8 Å². The summed E-state index contributed by atoms with van der Waals surface area (Å²) in [6.45, 7) is 2.47. The van der Waals surface area contributed by atoms with E-state index in [1.807, 2.05) is 9.47 Å². The number of anilines is 1. The molecule has 0 amide bonds. The van der Waals surface area contributed by atoms with Gasteiger partial charge in [-0.25, -0.2) is 9.18 Å². The number of carboxylic acids is 1. The van der Waals surface area contributed by atoms with Gasteiger partial charge in [0.2, 0.25) is 5.43 Å². The fourth-order valence-electron chi connectivity index (χ4n) is 3.77. The average molecular weight is 375 g/mol. The number of ether oxygens (including phenoxy) is 1. The Bertz CT molecular complexity index is 952. The zero-order valence-electron chi connectivity index (χ0n) is 15.1. The molecule has 7 nitrogen and oxygen atoms in total. The van der Waals surface area contributed by atoms with Crippen LogP contribution in [0.2, 0.25) is 0 Å². The molecule has 2 fully saturated rings. The number of fused-ring (bicyclic) bond motifs is 1. The van der Waals surface area contributed by atoms with E-state index in [1.54, 1.807) is 13.2 Å². The van der Waals surface area contributed by atoms with Gasteiger partial charge in [0.1, 0.15) is 11.4 Å². The molecule has 1 saturated carbocycles. The molecule has 2 aliphatic rings. The van der Waals surface area contributed by atoms with Crippen molar-refractivity contribution in [2.24, 2.45) is 0 Å². The van der Waals surface area contributed by atoms with Crippen LogP contribution in [-0.2, 0) is 4.74 Å². The fraction of sp³-hybridized carbons (Fsp3) is 0.474. The number of hydrogen-bond donors (Lipinski definition) is 2. The van der Waals surface area contributed by atoms with E-state index in [1.165, 1.54) is 12.3 Å². The quantitative estimate of drug-likeness (QED) is 0.826. The molecule has 1 unspecified atom stereocenters. The maximum Gasteiger partial charge on any atom is 0.341 e. The van der Waals surface area contributed by atoms with Crippen molar-refractivity contribution in [1.29, 1.82) is 0 Å². The highest BCUT2D eigenvalue weighted by Crippen LogP contribution is 2.38. The lowest BCUT2D eigenvalue weighted by molar-refractivity contribution is 0.0695. The Balaban J connectivity index is 1.83. The third-order valence-electron chi connectivity index (χ3n) is 5.24. The molecule has 0 bridgehead atoms. The smallest absolute Gasteiger partial charge is 0.341 e. The number of nitrogens with one attached hydrogen (secondary N) is 1. The molecule has 1 atom stereocenters. The number of carboxylic acid groups (broad SMARTS) is 1. The van der Waals surface area contributed by atoms with Crippen LogP contribution in [0.25, 0.3) is 10.9 Å². The van der Waals surface area contributed by atoms with Crippen molar-refractivity contribution in [2.75, 3.05) is 38.3 Å². The zero-order chi connectivity index (χ0) is 19.1. The second-order valence-electron chi connectivity index (χ2n) is 7.19. The Morgan fingerprint density at radius 3 is 2.85 bits per heavy atom. The molecule has 2 aromatic rings. The van der Waals surface area contributed by atoms with E-state index < -0.39 is 17.2 Å². The molecule has 144 valence electrons. The number of methoxy groups -OCH3 is 1. The van der Waals surface area contributed by atoms with Gasteiger partial charge in [-0.3, -0.25) is 4.79 Å². The number of carbonyl (C=O) groups is 1. The first-order chi connectivity index (χ1) is 13.0. The standard InChI is InChI=1S/C19H22FN3O4/c1-27-10-11-8-22(5-4-21-11)17-7-16-13(6-15(17)20)18(24)14(19(25)26)9-23(16)12-2-3-12/h6-7,9,11-12,21H,2-5,8,10H2,1H3,(H,25,26). The first-order valence-electron chi connectivity index (χ1n) is 9.08. The third kappa shape index (κ3) is 3.30. The number of aromatic nitrogens is 1. The maximum absolute atomic E-state index is 14.9. The van der Waals surface area contributed by atoms with Crippen LogP contribution < -0.4 is 15.6 Å². The molecule has 0 radical (unpaired) electrons. The highest BCUT2D eigenvalue weighted by molar-refractivity contribution is 5.93. The van der Waals surface area contributed by atoms with Gasteiger partial charge >= 0.3 is 5.97 Å². The number of rotatable bonds is 5. The highest BCUT2D eigenvalue weighted by atomic mass is 19.1. The summed E-state index contributed by atoms with van der Waals surface area (Å²) in [5, 5.41) is 12.8. The van der Waals surface area contributed by atoms with E-state index >= 15 is 0 Å². The number of benzene rings is 1. The molecule has 1 aliphatic carbocycles. The maximum atomic E-state index is 14.9. The second-order valence-corrected chi connectivity index (χ2v) is 7.19. The van der Waals surface area contributed by atoms with E-state index in [4.69, 9.17) is 4.74 Å². The number of aromatic carboxylic acids is 1. The van der Waals surface area contributed by atoms with Gasteiger partial charge in [-0.05, 0) is 25.0 Å².